The Morgan fingerprint density at radius 2 is 1.97 bits per heavy atom. The number of carbonyl (C=O) groups excluding carboxylic acids is 1. The first-order valence-corrected chi connectivity index (χ1v) is 11.8. The number of rotatable bonds is 8. The molecule has 0 saturated carbocycles. The summed E-state index contributed by atoms with van der Waals surface area (Å²) in [6.07, 6.45) is 5.19. The quantitative estimate of drug-likeness (QED) is 0.376. The number of Topliss-reactive ketones (excluding diaryl/α,β-unsaturated/α-hetero) is 1. The molecule has 170 valence electrons. The van der Waals surface area contributed by atoms with Crippen LogP contribution in [-0.4, -0.2) is 57.6 Å². The third kappa shape index (κ3) is 4.82. The average molecular weight is 455 g/mol. The Labute approximate surface area is 194 Å². The summed E-state index contributed by atoms with van der Waals surface area (Å²) in [7, 11) is 0. The van der Waals surface area contributed by atoms with Gasteiger partial charge in [-0.1, -0.05) is 24.9 Å². The van der Waals surface area contributed by atoms with Crippen molar-refractivity contribution in [2.24, 2.45) is 0 Å². The lowest BCUT2D eigenvalue weighted by Crippen LogP contribution is -2.39. The lowest BCUT2D eigenvalue weighted by Gasteiger charge is -2.28. The first-order chi connectivity index (χ1) is 15.5. The Balaban J connectivity index is 1.74. The molecular formula is C25H31ClN4O2. The number of aliphatic hydroxyl groups is 1. The second-order valence-corrected chi connectivity index (χ2v) is 9.01. The van der Waals surface area contributed by atoms with Gasteiger partial charge < -0.3 is 15.0 Å². The van der Waals surface area contributed by atoms with E-state index in [2.05, 4.69) is 27.8 Å². The molecule has 2 N–H and O–H groups in total. The number of nitrogens with one attached hydrogen (secondary N) is 1. The number of benzene rings is 1. The van der Waals surface area contributed by atoms with Gasteiger partial charge in [0, 0.05) is 36.0 Å². The van der Waals surface area contributed by atoms with E-state index in [-0.39, 0.29) is 11.9 Å². The Bertz CT molecular complexity index is 1090. The van der Waals surface area contributed by atoms with Gasteiger partial charge in [0.25, 0.3) is 0 Å². The number of fused-ring (bicyclic) bond motifs is 1. The molecule has 1 aliphatic heterocycles. The maximum Gasteiger partial charge on any atom is 0.180 e. The van der Waals surface area contributed by atoms with Crippen molar-refractivity contribution in [2.45, 2.75) is 45.6 Å². The number of carbonyl (C=O) groups is 1. The van der Waals surface area contributed by atoms with Gasteiger partial charge in [0.15, 0.2) is 5.78 Å². The van der Waals surface area contributed by atoms with Crippen LogP contribution in [0.25, 0.3) is 16.7 Å². The van der Waals surface area contributed by atoms with Gasteiger partial charge in [-0.2, -0.15) is 0 Å². The summed E-state index contributed by atoms with van der Waals surface area (Å²) in [6, 6.07) is 9.73. The minimum absolute atomic E-state index is 0.0656. The van der Waals surface area contributed by atoms with Crippen molar-refractivity contribution < 1.29 is 9.90 Å². The highest BCUT2D eigenvalue weighted by Gasteiger charge is 2.25. The Hall–Kier alpha value is -2.41. The molecule has 0 unspecified atom stereocenters. The molecule has 1 aliphatic rings. The molecule has 6 nitrogen and oxygen atoms in total. The van der Waals surface area contributed by atoms with E-state index in [9.17, 15) is 9.90 Å². The van der Waals surface area contributed by atoms with E-state index in [0.717, 1.165) is 60.6 Å². The largest absolute Gasteiger partial charge is 0.393 e. The molecule has 7 heteroatoms. The number of aromatic nitrogens is 2. The summed E-state index contributed by atoms with van der Waals surface area (Å²) < 4.78 is 2.09. The maximum atomic E-state index is 13.4. The number of halogens is 1. The predicted octanol–water partition coefficient (Wildman–Crippen LogP) is 4.84. The van der Waals surface area contributed by atoms with Crippen LogP contribution >= 0.6 is 11.6 Å². The fraction of sp³-hybridized carbons (Fsp3) is 0.440. The van der Waals surface area contributed by atoms with Crippen LogP contribution < -0.4 is 5.32 Å². The van der Waals surface area contributed by atoms with Crippen LogP contribution in [0, 0.1) is 6.92 Å². The summed E-state index contributed by atoms with van der Waals surface area (Å²) in [4.78, 5) is 20.3. The summed E-state index contributed by atoms with van der Waals surface area (Å²) in [5, 5.41) is 13.9. The van der Waals surface area contributed by atoms with E-state index < -0.39 is 0 Å². The van der Waals surface area contributed by atoms with Crippen LogP contribution in [0.3, 0.4) is 0 Å². The minimum atomic E-state index is -0.254. The van der Waals surface area contributed by atoms with Crippen molar-refractivity contribution in [3.63, 3.8) is 0 Å². The zero-order valence-corrected chi connectivity index (χ0v) is 19.5. The highest BCUT2D eigenvalue weighted by Crippen LogP contribution is 2.31. The topological polar surface area (TPSA) is 70.4 Å². The molecule has 32 heavy (non-hydrogen) atoms. The van der Waals surface area contributed by atoms with Gasteiger partial charge in [0.05, 0.1) is 41.1 Å². The number of anilines is 1. The molecule has 1 aromatic carbocycles. The van der Waals surface area contributed by atoms with Gasteiger partial charge in [-0.15, -0.1) is 0 Å². The molecule has 0 spiro atoms. The molecule has 3 aromatic rings. The molecule has 2 aromatic heterocycles. The van der Waals surface area contributed by atoms with E-state index in [4.69, 9.17) is 16.6 Å². The Kier molecular flexibility index (Phi) is 7.13. The lowest BCUT2D eigenvalue weighted by atomic mass is 10.1. The number of nitrogens with zero attached hydrogens (tertiary/aromatic N) is 3. The number of likely N-dealkylation sites (tertiary alicyclic amines) is 1. The second-order valence-electron chi connectivity index (χ2n) is 8.57. The second kappa shape index (κ2) is 10.0. The van der Waals surface area contributed by atoms with Gasteiger partial charge in [-0.05, 0) is 56.5 Å². The number of pyridine rings is 1. The molecule has 0 radical (unpaired) electrons. The molecule has 0 aliphatic carbocycles. The lowest BCUT2D eigenvalue weighted by molar-refractivity contribution is 0.0711. The summed E-state index contributed by atoms with van der Waals surface area (Å²) in [5.41, 5.74) is 5.07. The van der Waals surface area contributed by atoms with Crippen molar-refractivity contribution in [1.29, 1.82) is 0 Å². The van der Waals surface area contributed by atoms with Crippen molar-refractivity contribution in [1.82, 2.24) is 14.5 Å². The van der Waals surface area contributed by atoms with Crippen molar-refractivity contribution in [3.8, 4) is 5.69 Å². The minimum Gasteiger partial charge on any atom is -0.393 e. The highest BCUT2D eigenvalue weighted by molar-refractivity contribution is 6.30. The summed E-state index contributed by atoms with van der Waals surface area (Å²) in [5.74, 6) is 0.0656. The van der Waals surface area contributed by atoms with E-state index in [0.29, 0.717) is 30.0 Å². The van der Waals surface area contributed by atoms with Crippen LogP contribution in [0.1, 0.15) is 48.7 Å². The molecule has 0 atom stereocenters. The van der Waals surface area contributed by atoms with E-state index in [1.807, 2.05) is 37.4 Å². The Morgan fingerprint density at radius 3 is 2.66 bits per heavy atom. The van der Waals surface area contributed by atoms with Crippen molar-refractivity contribution in [2.75, 3.05) is 31.5 Å². The fourth-order valence-corrected chi connectivity index (χ4v) is 4.53. The molecular weight excluding hydrogens is 424 g/mol. The zero-order valence-electron chi connectivity index (χ0n) is 18.8. The molecule has 3 heterocycles. The molecule has 1 fully saturated rings. The summed E-state index contributed by atoms with van der Waals surface area (Å²) in [6.45, 7) is 6.84. The van der Waals surface area contributed by atoms with Gasteiger partial charge in [-0.3, -0.25) is 14.7 Å². The zero-order chi connectivity index (χ0) is 22.7. The smallest absolute Gasteiger partial charge is 0.180 e. The van der Waals surface area contributed by atoms with Crippen LogP contribution in [-0.2, 0) is 0 Å². The van der Waals surface area contributed by atoms with Crippen LogP contribution in [0.5, 0.6) is 0 Å². The average Bonchev–Trinajstić information content (AvgIpc) is 3.07. The third-order valence-electron chi connectivity index (χ3n) is 6.19. The van der Waals surface area contributed by atoms with Gasteiger partial charge in [-0.25, -0.2) is 0 Å². The van der Waals surface area contributed by atoms with Gasteiger partial charge in [0.2, 0.25) is 0 Å². The number of piperidine rings is 1. The predicted molar refractivity (Wildman–Crippen MR) is 130 cm³/mol. The van der Waals surface area contributed by atoms with Crippen LogP contribution in [0.2, 0.25) is 5.02 Å². The van der Waals surface area contributed by atoms with E-state index >= 15 is 0 Å². The number of aliphatic hydroxyl groups excluding tert-OH is 1. The normalized spacial score (nSPS) is 15.4. The van der Waals surface area contributed by atoms with Gasteiger partial charge in [0.1, 0.15) is 0 Å². The van der Waals surface area contributed by atoms with E-state index in [1.165, 1.54) is 0 Å². The fourth-order valence-electron chi connectivity index (χ4n) is 4.40. The summed E-state index contributed by atoms with van der Waals surface area (Å²) >= 11 is 6.12. The molecule has 0 amide bonds. The van der Waals surface area contributed by atoms with Crippen LogP contribution in [0.4, 0.5) is 5.69 Å². The SMILES string of the molecule is CCCCNc1cnc2c(C(=O)CN3CCC(O)CC3)c(C)n(-c3ccc(Cl)cc3)c2c1. The van der Waals surface area contributed by atoms with E-state index in [1.54, 1.807) is 0 Å². The van der Waals surface area contributed by atoms with Crippen LogP contribution in [0.15, 0.2) is 36.5 Å². The molecule has 4 rings (SSSR count). The maximum absolute atomic E-state index is 13.4. The van der Waals surface area contributed by atoms with Crippen molar-refractivity contribution >= 4 is 34.1 Å². The number of hydrogen-bond donors (Lipinski definition) is 2. The standard InChI is InChI=1S/C25H31ClN4O2/c1-3-4-11-27-19-14-22-25(28-15-19)24(23(32)16-29-12-9-21(31)10-13-29)17(2)30(22)20-7-5-18(26)6-8-20/h5-8,14-15,21,27,31H,3-4,9-13,16H2,1-2H3. The first kappa shape index (κ1) is 22.8. The first-order valence-electron chi connectivity index (χ1n) is 11.4. The number of ketones is 1. The third-order valence-corrected chi connectivity index (χ3v) is 6.44. The monoisotopic (exact) mass is 454 g/mol. The molecule has 0 bridgehead atoms. The number of hydrogen-bond acceptors (Lipinski definition) is 5. The van der Waals surface area contributed by atoms with Crippen molar-refractivity contribution in [3.05, 3.63) is 52.8 Å². The number of unbranched alkanes of at least 4 members (excludes halogenated alkanes) is 1. The highest BCUT2D eigenvalue weighted by atomic mass is 35.5. The Morgan fingerprint density at radius 1 is 1.25 bits per heavy atom. The van der Waals surface area contributed by atoms with Gasteiger partial charge >= 0.3 is 0 Å². The molecule has 1 saturated heterocycles.